The third kappa shape index (κ3) is 2.63. The summed E-state index contributed by atoms with van der Waals surface area (Å²) in [4.78, 5) is 12.4. The third-order valence-corrected chi connectivity index (χ3v) is 1.78. The summed E-state index contributed by atoms with van der Waals surface area (Å²) in [6.07, 6.45) is 8.00. The van der Waals surface area contributed by atoms with Crippen molar-refractivity contribution in [1.29, 1.82) is 0 Å². The molecule has 0 aromatic carbocycles. The first kappa shape index (κ1) is 10.9. The Kier molecular flexibility index (Phi) is 3.56. The molecule has 0 atom stereocenters. The van der Waals surface area contributed by atoms with Crippen LogP contribution in [0.1, 0.15) is 6.92 Å². The number of primary amides is 1. The van der Waals surface area contributed by atoms with E-state index in [1.165, 1.54) is 17.2 Å². The Labute approximate surface area is 87.6 Å². The average Bonchev–Trinajstić information content (AvgIpc) is 2.71. The Bertz CT molecular complexity index is 415. The summed E-state index contributed by atoms with van der Waals surface area (Å²) < 4.78 is 0. The smallest absolute Gasteiger partial charge is 0.246 e. The van der Waals surface area contributed by atoms with Crippen molar-refractivity contribution in [3.8, 4) is 0 Å². The number of carbonyl (C=O) groups is 1. The van der Waals surface area contributed by atoms with Gasteiger partial charge in [0.1, 0.15) is 0 Å². The van der Waals surface area contributed by atoms with Crippen LogP contribution >= 0.6 is 0 Å². The van der Waals surface area contributed by atoms with Gasteiger partial charge in [0.25, 0.3) is 0 Å². The molecular weight excluding hydrogens is 192 g/mol. The minimum Gasteiger partial charge on any atom is -0.366 e. The number of hydrogen-bond acceptors (Lipinski definition) is 3. The van der Waals surface area contributed by atoms with E-state index in [4.69, 9.17) is 5.73 Å². The topological polar surface area (TPSA) is 73.8 Å². The predicted molar refractivity (Wildman–Crippen MR) is 57.4 cm³/mol. The molecule has 1 heterocycles. The molecule has 2 N–H and O–H groups in total. The largest absolute Gasteiger partial charge is 0.366 e. The fraction of sp³-hybridized carbons (Fsp3) is 0.100. The number of allylic oxidation sites excluding steroid dienone is 4. The van der Waals surface area contributed by atoms with Gasteiger partial charge < -0.3 is 5.73 Å². The molecule has 0 spiro atoms. The van der Waals surface area contributed by atoms with Gasteiger partial charge in [-0.15, -0.1) is 0 Å². The maximum Gasteiger partial charge on any atom is 0.246 e. The molecule has 1 amide bonds. The van der Waals surface area contributed by atoms with E-state index in [-0.39, 0.29) is 0 Å². The van der Waals surface area contributed by atoms with Crippen molar-refractivity contribution in [2.24, 2.45) is 5.73 Å². The second-order valence-corrected chi connectivity index (χ2v) is 2.79. The average molecular weight is 204 g/mol. The summed E-state index contributed by atoms with van der Waals surface area (Å²) in [6.45, 7) is 5.16. The Balaban J connectivity index is 3.20. The van der Waals surface area contributed by atoms with Gasteiger partial charge in [0, 0.05) is 5.57 Å². The fourth-order valence-electron chi connectivity index (χ4n) is 0.967. The number of nitrogens with zero attached hydrogens (tertiary/aromatic N) is 3. The van der Waals surface area contributed by atoms with Gasteiger partial charge in [-0.2, -0.15) is 15.0 Å². The lowest BCUT2D eigenvalue weighted by atomic mass is 10.2. The van der Waals surface area contributed by atoms with E-state index in [9.17, 15) is 4.79 Å². The van der Waals surface area contributed by atoms with Gasteiger partial charge in [0.2, 0.25) is 5.91 Å². The van der Waals surface area contributed by atoms with Crippen LogP contribution in [0.4, 0.5) is 0 Å². The first-order chi connectivity index (χ1) is 7.16. The summed E-state index contributed by atoms with van der Waals surface area (Å²) in [6, 6.07) is 0. The zero-order valence-corrected chi connectivity index (χ0v) is 8.42. The molecule has 5 heteroatoms. The molecule has 0 aliphatic rings. The molecule has 1 rings (SSSR count). The number of aromatic nitrogens is 3. The van der Waals surface area contributed by atoms with Gasteiger partial charge in [0.05, 0.1) is 18.1 Å². The molecule has 5 nitrogen and oxygen atoms in total. The molecule has 0 radical (unpaired) electrons. The number of amides is 1. The summed E-state index contributed by atoms with van der Waals surface area (Å²) in [5.41, 5.74) is 6.12. The minimum atomic E-state index is -0.504. The highest BCUT2D eigenvalue weighted by Gasteiger charge is 2.07. The monoisotopic (exact) mass is 204 g/mol. The number of nitrogens with two attached hydrogens (primary N) is 1. The molecule has 0 aliphatic carbocycles. The van der Waals surface area contributed by atoms with Crippen molar-refractivity contribution in [3.05, 3.63) is 42.8 Å². The summed E-state index contributed by atoms with van der Waals surface area (Å²) in [7, 11) is 0. The van der Waals surface area contributed by atoms with Gasteiger partial charge in [0.15, 0.2) is 0 Å². The van der Waals surface area contributed by atoms with E-state index in [0.29, 0.717) is 11.3 Å². The lowest BCUT2D eigenvalue weighted by Crippen LogP contribution is -2.15. The van der Waals surface area contributed by atoms with Crippen LogP contribution in [0.3, 0.4) is 0 Å². The number of carbonyl (C=O) groups excluding carboxylic acids is 1. The first-order valence-electron chi connectivity index (χ1n) is 4.33. The van der Waals surface area contributed by atoms with Gasteiger partial charge in [-0.3, -0.25) is 4.79 Å². The molecule has 78 valence electrons. The molecule has 0 unspecified atom stereocenters. The Morgan fingerprint density at radius 1 is 1.47 bits per heavy atom. The normalized spacial score (nSPS) is 12.6. The Hall–Kier alpha value is -2.17. The molecule has 1 aromatic heterocycles. The van der Waals surface area contributed by atoms with Crippen molar-refractivity contribution < 1.29 is 4.79 Å². The second kappa shape index (κ2) is 4.90. The van der Waals surface area contributed by atoms with Crippen LogP contribution in [0.15, 0.2) is 42.8 Å². The Morgan fingerprint density at radius 2 is 2.07 bits per heavy atom. The van der Waals surface area contributed by atoms with E-state index >= 15 is 0 Å². The highest BCUT2D eigenvalue weighted by atomic mass is 16.1. The van der Waals surface area contributed by atoms with Crippen LogP contribution in [0.25, 0.3) is 5.70 Å². The maximum atomic E-state index is 11.0. The van der Waals surface area contributed by atoms with Crippen molar-refractivity contribution in [1.82, 2.24) is 15.0 Å². The SMILES string of the molecule is C=C/C=C\C(=C(/C)C(N)=O)n1nccn1. The lowest BCUT2D eigenvalue weighted by molar-refractivity contribution is -0.114. The van der Waals surface area contributed by atoms with Crippen molar-refractivity contribution in [2.45, 2.75) is 6.92 Å². The molecule has 0 saturated carbocycles. The third-order valence-electron chi connectivity index (χ3n) is 1.78. The van der Waals surface area contributed by atoms with Gasteiger partial charge >= 0.3 is 0 Å². The number of rotatable bonds is 4. The van der Waals surface area contributed by atoms with Gasteiger partial charge in [-0.25, -0.2) is 0 Å². The molecule has 1 aromatic rings. The maximum absolute atomic E-state index is 11.0. The van der Waals surface area contributed by atoms with E-state index in [2.05, 4.69) is 16.8 Å². The molecular formula is C10H12N4O. The van der Waals surface area contributed by atoms with Crippen molar-refractivity contribution >= 4 is 11.6 Å². The molecule has 0 fully saturated rings. The van der Waals surface area contributed by atoms with Crippen LogP contribution in [0.5, 0.6) is 0 Å². The van der Waals surface area contributed by atoms with E-state index < -0.39 is 5.91 Å². The molecule has 0 aliphatic heterocycles. The predicted octanol–water partition coefficient (Wildman–Crippen LogP) is 0.737. The quantitative estimate of drug-likeness (QED) is 0.580. The summed E-state index contributed by atoms with van der Waals surface area (Å²) in [5.74, 6) is -0.504. The zero-order chi connectivity index (χ0) is 11.3. The van der Waals surface area contributed by atoms with Crippen molar-refractivity contribution in [2.75, 3.05) is 0 Å². The highest BCUT2D eigenvalue weighted by Crippen LogP contribution is 2.09. The highest BCUT2D eigenvalue weighted by molar-refractivity contribution is 5.98. The molecule has 0 saturated heterocycles. The minimum absolute atomic E-state index is 0.393. The first-order valence-corrected chi connectivity index (χ1v) is 4.33. The summed E-state index contributed by atoms with van der Waals surface area (Å²) in [5, 5.41) is 7.85. The van der Waals surface area contributed by atoms with E-state index in [1.807, 2.05) is 0 Å². The van der Waals surface area contributed by atoms with E-state index in [1.54, 1.807) is 25.2 Å². The second-order valence-electron chi connectivity index (χ2n) is 2.79. The standard InChI is InChI=1S/C10H12N4O/c1-3-4-5-9(8(2)10(11)15)14-12-6-7-13-14/h3-7H,1H2,2H3,(H2,11,15)/b5-4-,9-8-. The van der Waals surface area contributed by atoms with Crippen LogP contribution in [0.2, 0.25) is 0 Å². The zero-order valence-electron chi connectivity index (χ0n) is 8.42. The van der Waals surface area contributed by atoms with Crippen LogP contribution < -0.4 is 5.73 Å². The van der Waals surface area contributed by atoms with E-state index in [0.717, 1.165) is 0 Å². The number of hydrogen-bond donors (Lipinski definition) is 1. The van der Waals surface area contributed by atoms with Gasteiger partial charge in [-0.05, 0) is 13.0 Å². The van der Waals surface area contributed by atoms with Crippen LogP contribution in [-0.4, -0.2) is 20.9 Å². The Morgan fingerprint density at radius 3 is 2.53 bits per heavy atom. The van der Waals surface area contributed by atoms with Crippen LogP contribution in [0, 0.1) is 0 Å². The van der Waals surface area contributed by atoms with Crippen molar-refractivity contribution in [3.63, 3.8) is 0 Å². The van der Waals surface area contributed by atoms with Crippen LogP contribution in [-0.2, 0) is 4.79 Å². The fourth-order valence-corrected chi connectivity index (χ4v) is 0.967. The molecule has 0 bridgehead atoms. The summed E-state index contributed by atoms with van der Waals surface area (Å²) >= 11 is 0. The lowest BCUT2D eigenvalue weighted by Gasteiger charge is -2.03. The van der Waals surface area contributed by atoms with Gasteiger partial charge in [-0.1, -0.05) is 18.7 Å². The molecule has 15 heavy (non-hydrogen) atoms.